The van der Waals surface area contributed by atoms with Gasteiger partial charge in [-0.05, 0) is 0 Å². The number of nitrogens with zero attached hydrogens (tertiary/aromatic N) is 3. The van der Waals surface area contributed by atoms with Crippen LogP contribution in [0.3, 0.4) is 0 Å². The molecule has 0 spiro atoms. The molecule has 0 saturated carbocycles. The molecule has 1 aromatic rings. The van der Waals surface area contributed by atoms with Crippen LogP contribution in [0, 0.1) is 0 Å². The molecule has 0 saturated heterocycles. The zero-order valence-electron chi connectivity index (χ0n) is 6.55. The lowest BCUT2D eigenvalue weighted by Crippen LogP contribution is -3.00. The molecule has 0 aliphatic carbocycles. The topological polar surface area (TPSA) is 58.4 Å². The highest BCUT2D eigenvalue weighted by Gasteiger charge is 2.28. The van der Waals surface area contributed by atoms with Gasteiger partial charge in [-0.1, -0.05) is 5.21 Å². The number of hydrogen-bond acceptors (Lipinski definition) is 2. The van der Waals surface area contributed by atoms with Crippen LogP contribution in [0.5, 0.6) is 0 Å². The summed E-state index contributed by atoms with van der Waals surface area (Å²) in [5.41, 5.74) is 3.93. The van der Waals surface area contributed by atoms with Gasteiger partial charge in [0.2, 0.25) is 0 Å². The Morgan fingerprint density at radius 3 is 2.46 bits per heavy atom. The molecule has 0 aliphatic rings. The van der Waals surface area contributed by atoms with E-state index in [-0.39, 0.29) is 12.4 Å². The minimum absolute atomic E-state index is 0. The fourth-order valence-corrected chi connectivity index (χ4v) is 0.714. The summed E-state index contributed by atoms with van der Waals surface area (Å²) in [5.74, 6) is 0. The average Bonchev–Trinajstić information content (AvgIpc) is 2.32. The van der Waals surface area contributed by atoms with Gasteiger partial charge in [-0.2, -0.15) is 13.2 Å². The summed E-state index contributed by atoms with van der Waals surface area (Å²) in [6.45, 7) is -0.752. The lowest BCUT2D eigenvalue weighted by atomic mass is 10.5. The first-order valence-electron chi connectivity index (χ1n) is 3.26. The summed E-state index contributed by atoms with van der Waals surface area (Å²) in [4.78, 5) is 0. The second-order valence-electron chi connectivity index (χ2n) is 2.27. The zero-order chi connectivity index (χ0) is 9.19. The highest BCUT2D eigenvalue weighted by molar-refractivity contribution is 4.88. The lowest BCUT2D eigenvalue weighted by Gasteiger charge is -2.03. The first kappa shape index (κ1) is 12.2. The van der Waals surface area contributed by atoms with Crippen LogP contribution in [0.25, 0.3) is 0 Å². The largest absolute Gasteiger partial charge is 1.00 e. The van der Waals surface area contributed by atoms with Crippen molar-refractivity contribution in [2.24, 2.45) is 0 Å². The van der Waals surface area contributed by atoms with Crippen LogP contribution < -0.4 is 18.1 Å². The Morgan fingerprint density at radius 1 is 1.46 bits per heavy atom. The Kier molecular flexibility index (Phi) is 4.15. The van der Waals surface area contributed by atoms with Gasteiger partial charge < -0.3 is 18.1 Å². The first-order chi connectivity index (χ1) is 5.51. The van der Waals surface area contributed by atoms with Crippen molar-refractivity contribution in [3.63, 3.8) is 0 Å². The van der Waals surface area contributed by atoms with Gasteiger partial charge in [-0.25, -0.2) is 4.68 Å². The van der Waals surface area contributed by atoms with Gasteiger partial charge in [0.05, 0.1) is 6.20 Å². The highest BCUT2D eigenvalue weighted by atomic mass is 35.5. The Hall–Kier alpha value is -0.820. The van der Waals surface area contributed by atoms with Gasteiger partial charge in [0.15, 0.2) is 0 Å². The van der Waals surface area contributed by atoms with E-state index < -0.39 is 12.7 Å². The zero-order valence-corrected chi connectivity index (χ0v) is 7.31. The Morgan fingerprint density at radius 2 is 2.08 bits per heavy atom. The monoisotopic (exact) mass is 216 g/mol. The predicted molar refractivity (Wildman–Crippen MR) is 32.7 cm³/mol. The molecule has 76 valence electrons. The van der Waals surface area contributed by atoms with Crippen LogP contribution in [0.4, 0.5) is 13.2 Å². The van der Waals surface area contributed by atoms with Crippen LogP contribution in [0.1, 0.15) is 5.69 Å². The minimum atomic E-state index is -4.24. The van der Waals surface area contributed by atoms with Crippen LogP contribution >= 0.6 is 0 Å². The molecule has 0 radical (unpaired) electrons. The van der Waals surface area contributed by atoms with Gasteiger partial charge in [0, 0.05) is 0 Å². The molecule has 0 atom stereocenters. The Balaban J connectivity index is 0.00000144. The summed E-state index contributed by atoms with van der Waals surface area (Å²) < 4.78 is 36.0. The summed E-state index contributed by atoms with van der Waals surface area (Å²) in [6, 6.07) is 0. The first-order valence-corrected chi connectivity index (χ1v) is 3.26. The number of rotatable bonds is 2. The fraction of sp³-hybridized carbons (Fsp3) is 0.600. The van der Waals surface area contributed by atoms with E-state index in [0.717, 1.165) is 4.68 Å². The van der Waals surface area contributed by atoms with Gasteiger partial charge in [0.1, 0.15) is 18.8 Å². The molecule has 0 bridgehead atoms. The second-order valence-corrected chi connectivity index (χ2v) is 2.27. The minimum Gasteiger partial charge on any atom is -1.00 e. The molecule has 0 aromatic carbocycles. The van der Waals surface area contributed by atoms with E-state index in [1.54, 1.807) is 0 Å². The van der Waals surface area contributed by atoms with Crippen molar-refractivity contribution in [3.05, 3.63) is 11.9 Å². The van der Waals surface area contributed by atoms with E-state index in [0.29, 0.717) is 12.2 Å². The van der Waals surface area contributed by atoms with E-state index in [2.05, 4.69) is 16.0 Å². The molecular weight excluding hydrogens is 209 g/mol. The SMILES string of the molecule is [Cl-].[NH3+]Cc1cn(CC(F)(F)F)nn1. The smallest absolute Gasteiger partial charge is 0.408 e. The molecule has 1 heterocycles. The molecule has 0 fully saturated rings. The van der Waals surface area contributed by atoms with E-state index >= 15 is 0 Å². The van der Waals surface area contributed by atoms with Crippen LogP contribution in [0.15, 0.2) is 6.20 Å². The quantitative estimate of drug-likeness (QED) is 0.560. The molecule has 0 unspecified atom stereocenters. The van der Waals surface area contributed by atoms with Gasteiger partial charge in [0.25, 0.3) is 0 Å². The Bertz CT molecular complexity index is 259. The van der Waals surface area contributed by atoms with Crippen molar-refractivity contribution in [3.8, 4) is 0 Å². The van der Waals surface area contributed by atoms with E-state index in [4.69, 9.17) is 0 Å². The standard InChI is InChI=1S/C5H7F3N4.ClH/c6-5(7,8)3-12-2-4(1-9)10-11-12;/h2H,1,3,9H2;1H. The normalized spacial score (nSPS) is 11.1. The lowest BCUT2D eigenvalue weighted by molar-refractivity contribution is -0.387. The fourth-order valence-electron chi connectivity index (χ4n) is 0.714. The highest BCUT2D eigenvalue weighted by Crippen LogP contribution is 2.16. The number of quaternary nitrogens is 1. The third-order valence-electron chi connectivity index (χ3n) is 1.18. The maximum absolute atomic E-state index is 11.8. The molecular formula is C5H8ClF3N4. The summed E-state index contributed by atoms with van der Waals surface area (Å²) in [5, 5.41) is 6.75. The van der Waals surface area contributed by atoms with Crippen molar-refractivity contribution in [2.45, 2.75) is 19.3 Å². The molecule has 3 N–H and O–H groups in total. The van der Waals surface area contributed by atoms with Gasteiger partial charge in [-0.15, -0.1) is 5.10 Å². The molecule has 1 aromatic heterocycles. The van der Waals surface area contributed by atoms with Crippen LogP contribution in [0.2, 0.25) is 0 Å². The Labute approximate surface area is 78.3 Å². The predicted octanol–water partition coefficient (Wildman–Crippen LogP) is -3.41. The van der Waals surface area contributed by atoms with Crippen LogP contribution in [-0.4, -0.2) is 21.2 Å². The summed E-state index contributed by atoms with van der Waals surface area (Å²) in [7, 11) is 0. The van der Waals surface area contributed by atoms with Crippen molar-refractivity contribution in [1.29, 1.82) is 0 Å². The second kappa shape index (κ2) is 4.43. The molecule has 4 nitrogen and oxygen atoms in total. The van der Waals surface area contributed by atoms with Gasteiger partial charge >= 0.3 is 6.18 Å². The van der Waals surface area contributed by atoms with Crippen molar-refractivity contribution in [2.75, 3.05) is 0 Å². The number of alkyl halides is 3. The summed E-state index contributed by atoms with van der Waals surface area (Å²) >= 11 is 0. The van der Waals surface area contributed by atoms with Crippen molar-refractivity contribution < 1.29 is 31.3 Å². The third kappa shape index (κ3) is 4.09. The summed E-state index contributed by atoms with van der Waals surface area (Å²) in [6.07, 6.45) is -3.01. The van der Waals surface area contributed by atoms with Crippen molar-refractivity contribution >= 4 is 0 Å². The maximum atomic E-state index is 11.8. The third-order valence-corrected chi connectivity index (χ3v) is 1.18. The molecule has 0 amide bonds. The number of halogens is 4. The van der Waals surface area contributed by atoms with E-state index in [9.17, 15) is 13.2 Å². The molecule has 8 heteroatoms. The van der Waals surface area contributed by atoms with E-state index in [1.807, 2.05) is 0 Å². The number of hydrogen-bond donors (Lipinski definition) is 1. The van der Waals surface area contributed by atoms with Crippen molar-refractivity contribution in [1.82, 2.24) is 15.0 Å². The molecule has 13 heavy (non-hydrogen) atoms. The maximum Gasteiger partial charge on any atom is 0.408 e. The average molecular weight is 217 g/mol. The molecule has 0 aliphatic heterocycles. The van der Waals surface area contributed by atoms with Gasteiger partial charge in [-0.3, -0.25) is 0 Å². The molecule has 1 rings (SSSR count). The van der Waals surface area contributed by atoms with Crippen LogP contribution in [-0.2, 0) is 13.1 Å². The van der Waals surface area contributed by atoms with E-state index in [1.165, 1.54) is 6.20 Å². The number of aromatic nitrogens is 3.